The van der Waals surface area contributed by atoms with Gasteiger partial charge in [0, 0.05) is 5.56 Å². The van der Waals surface area contributed by atoms with Gasteiger partial charge in [-0.2, -0.15) is 0 Å². The number of rotatable bonds is 2. The van der Waals surface area contributed by atoms with Crippen LogP contribution >= 0.6 is 0 Å². The first-order valence-electron chi connectivity index (χ1n) is 5.42. The Hall–Kier alpha value is -1.68. The summed E-state index contributed by atoms with van der Waals surface area (Å²) in [5.41, 5.74) is 1.20. The van der Waals surface area contributed by atoms with Crippen LogP contribution in [0, 0.1) is 12.7 Å². The normalized spacial score (nSPS) is 11.8. The van der Waals surface area contributed by atoms with Crippen LogP contribution in [-0.2, 0) is 5.60 Å². The maximum Gasteiger partial charge on any atom is 0.138 e. The number of aromatic nitrogens is 2. The average molecular weight is 234 g/mol. The highest BCUT2D eigenvalue weighted by atomic mass is 19.1. The van der Waals surface area contributed by atoms with Gasteiger partial charge < -0.3 is 10.1 Å². The van der Waals surface area contributed by atoms with Gasteiger partial charge >= 0.3 is 0 Å². The second-order valence-electron chi connectivity index (χ2n) is 4.67. The summed E-state index contributed by atoms with van der Waals surface area (Å²) < 4.78 is 13.1. The quantitative estimate of drug-likeness (QED) is 0.839. The zero-order chi connectivity index (χ0) is 12.6. The van der Waals surface area contributed by atoms with Gasteiger partial charge in [-0.1, -0.05) is 0 Å². The third-order valence-electron chi connectivity index (χ3n) is 2.62. The van der Waals surface area contributed by atoms with Crippen LogP contribution in [0.5, 0.6) is 0 Å². The van der Waals surface area contributed by atoms with E-state index in [4.69, 9.17) is 0 Å². The lowest BCUT2D eigenvalue weighted by atomic mass is 10.1. The number of halogens is 1. The summed E-state index contributed by atoms with van der Waals surface area (Å²) in [4.78, 5) is 7.15. The van der Waals surface area contributed by atoms with E-state index in [1.807, 2.05) is 0 Å². The Morgan fingerprint density at radius 1 is 1.35 bits per heavy atom. The Kier molecular flexibility index (Phi) is 2.75. The number of aliphatic hydroxyl groups is 1. The molecule has 0 amide bonds. The minimum absolute atomic E-state index is 0.226. The first-order chi connectivity index (χ1) is 7.88. The Morgan fingerprint density at radius 2 is 2.06 bits per heavy atom. The van der Waals surface area contributed by atoms with Gasteiger partial charge in [-0.25, -0.2) is 9.37 Å². The molecule has 1 aromatic carbocycles. The molecule has 0 unspecified atom stereocenters. The fraction of sp³-hybridized carbons (Fsp3) is 0.308. The Labute approximate surface area is 99.3 Å². The number of aromatic amines is 1. The highest BCUT2D eigenvalue weighted by Gasteiger charge is 2.20. The number of imidazole rings is 1. The van der Waals surface area contributed by atoms with Crippen LogP contribution < -0.4 is 0 Å². The summed E-state index contributed by atoms with van der Waals surface area (Å²) in [6, 6.07) is 4.86. The predicted octanol–water partition coefficient (Wildman–Crippen LogP) is 2.75. The molecule has 2 rings (SSSR count). The molecular formula is C13H15FN2O. The molecule has 90 valence electrons. The van der Waals surface area contributed by atoms with Gasteiger partial charge in [0.15, 0.2) is 0 Å². The smallest absolute Gasteiger partial charge is 0.138 e. The van der Waals surface area contributed by atoms with Crippen molar-refractivity contribution in [3.05, 3.63) is 41.6 Å². The van der Waals surface area contributed by atoms with Crippen molar-refractivity contribution in [2.45, 2.75) is 26.4 Å². The minimum atomic E-state index is -1.01. The molecule has 0 saturated heterocycles. The monoisotopic (exact) mass is 234 g/mol. The van der Waals surface area contributed by atoms with Gasteiger partial charge in [0.05, 0.1) is 11.9 Å². The zero-order valence-corrected chi connectivity index (χ0v) is 10.1. The molecule has 0 aliphatic heterocycles. The van der Waals surface area contributed by atoms with E-state index in [-0.39, 0.29) is 5.82 Å². The summed E-state index contributed by atoms with van der Waals surface area (Å²) in [5, 5.41) is 9.79. The molecule has 2 aromatic rings. The lowest BCUT2D eigenvalue weighted by Crippen LogP contribution is -2.17. The maximum absolute atomic E-state index is 13.1. The molecule has 0 aliphatic rings. The fourth-order valence-corrected chi connectivity index (χ4v) is 1.59. The summed E-state index contributed by atoms with van der Waals surface area (Å²) in [6.07, 6.45) is 1.64. The van der Waals surface area contributed by atoms with Crippen molar-refractivity contribution in [2.75, 3.05) is 0 Å². The van der Waals surface area contributed by atoms with Crippen molar-refractivity contribution >= 4 is 0 Å². The van der Waals surface area contributed by atoms with E-state index in [1.165, 1.54) is 6.07 Å². The molecule has 4 heteroatoms. The van der Waals surface area contributed by atoms with Gasteiger partial charge in [-0.3, -0.25) is 0 Å². The first-order valence-corrected chi connectivity index (χ1v) is 5.42. The molecular weight excluding hydrogens is 219 g/mol. The molecule has 1 heterocycles. The summed E-state index contributed by atoms with van der Waals surface area (Å²) >= 11 is 0. The molecule has 0 aliphatic carbocycles. The summed E-state index contributed by atoms with van der Waals surface area (Å²) in [6.45, 7) is 5.03. The molecule has 2 N–H and O–H groups in total. The van der Waals surface area contributed by atoms with Crippen molar-refractivity contribution in [3.8, 4) is 11.3 Å². The van der Waals surface area contributed by atoms with Crippen molar-refractivity contribution in [2.24, 2.45) is 0 Å². The second-order valence-corrected chi connectivity index (χ2v) is 4.67. The van der Waals surface area contributed by atoms with Gasteiger partial charge in [-0.05, 0) is 44.5 Å². The van der Waals surface area contributed by atoms with Crippen LogP contribution in [0.15, 0.2) is 24.4 Å². The highest BCUT2D eigenvalue weighted by Crippen LogP contribution is 2.23. The van der Waals surface area contributed by atoms with E-state index >= 15 is 0 Å². The van der Waals surface area contributed by atoms with Crippen molar-refractivity contribution < 1.29 is 9.50 Å². The van der Waals surface area contributed by atoms with E-state index in [1.54, 1.807) is 39.1 Å². The molecule has 3 nitrogen and oxygen atoms in total. The number of hydrogen-bond acceptors (Lipinski definition) is 2. The number of H-pyrrole nitrogens is 1. The molecule has 17 heavy (non-hydrogen) atoms. The maximum atomic E-state index is 13.1. The van der Waals surface area contributed by atoms with Crippen LogP contribution in [0.25, 0.3) is 11.3 Å². The number of nitrogens with zero attached hydrogens (tertiary/aromatic N) is 1. The van der Waals surface area contributed by atoms with Crippen LogP contribution in [-0.4, -0.2) is 15.1 Å². The molecule has 0 saturated carbocycles. The van der Waals surface area contributed by atoms with E-state index < -0.39 is 5.60 Å². The van der Waals surface area contributed by atoms with Crippen LogP contribution in [0.2, 0.25) is 0 Å². The Balaban J connectivity index is 2.40. The number of hydrogen-bond donors (Lipinski definition) is 2. The third kappa shape index (κ3) is 2.36. The second kappa shape index (κ2) is 3.96. The number of nitrogens with one attached hydrogen (secondary N) is 1. The first kappa shape index (κ1) is 11.8. The number of aryl methyl sites for hydroxylation is 1. The fourth-order valence-electron chi connectivity index (χ4n) is 1.59. The predicted molar refractivity (Wildman–Crippen MR) is 64.0 cm³/mol. The van der Waals surface area contributed by atoms with E-state index in [0.717, 1.165) is 11.3 Å². The van der Waals surface area contributed by atoms with Crippen molar-refractivity contribution in [1.29, 1.82) is 0 Å². The van der Waals surface area contributed by atoms with Gasteiger partial charge in [0.25, 0.3) is 0 Å². The van der Waals surface area contributed by atoms with Crippen LogP contribution in [0.4, 0.5) is 4.39 Å². The SMILES string of the molecule is Cc1cc(-c2cnc(C(C)(C)O)[nH]2)ccc1F. The third-order valence-corrected chi connectivity index (χ3v) is 2.62. The van der Waals surface area contributed by atoms with E-state index in [9.17, 15) is 9.50 Å². The van der Waals surface area contributed by atoms with Crippen LogP contribution in [0.1, 0.15) is 25.2 Å². The lowest BCUT2D eigenvalue weighted by molar-refractivity contribution is 0.0697. The molecule has 1 aromatic heterocycles. The van der Waals surface area contributed by atoms with Crippen molar-refractivity contribution in [3.63, 3.8) is 0 Å². The van der Waals surface area contributed by atoms with Gasteiger partial charge in [0.2, 0.25) is 0 Å². The van der Waals surface area contributed by atoms with E-state index in [2.05, 4.69) is 9.97 Å². The van der Waals surface area contributed by atoms with Gasteiger partial charge in [0.1, 0.15) is 17.2 Å². The molecule has 0 spiro atoms. The molecule has 0 atom stereocenters. The van der Waals surface area contributed by atoms with Gasteiger partial charge in [-0.15, -0.1) is 0 Å². The standard InChI is InChI=1S/C13H15FN2O/c1-8-6-9(4-5-10(8)14)11-7-15-12(16-11)13(2,3)17/h4-7,17H,1-3H3,(H,15,16). The van der Waals surface area contributed by atoms with Crippen molar-refractivity contribution in [1.82, 2.24) is 9.97 Å². The van der Waals surface area contributed by atoms with Crippen LogP contribution in [0.3, 0.4) is 0 Å². The molecule has 0 fully saturated rings. The Bertz CT molecular complexity index is 541. The minimum Gasteiger partial charge on any atom is -0.383 e. The largest absolute Gasteiger partial charge is 0.383 e. The highest BCUT2D eigenvalue weighted by molar-refractivity contribution is 5.59. The average Bonchev–Trinajstić information content (AvgIpc) is 2.70. The zero-order valence-electron chi connectivity index (χ0n) is 10.1. The lowest BCUT2D eigenvalue weighted by Gasteiger charge is -2.13. The summed E-state index contributed by atoms with van der Waals surface area (Å²) in [5.74, 6) is 0.269. The van der Waals surface area contributed by atoms with E-state index in [0.29, 0.717) is 11.4 Å². The molecule has 0 bridgehead atoms. The summed E-state index contributed by atoms with van der Waals surface area (Å²) in [7, 11) is 0. The molecule has 0 radical (unpaired) electrons. The number of benzene rings is 1. The topological polar surface area (TPSA) is 48.9 Å². The Morgan fingerprint density at radius 3 is 2.59 bits per heavy atom.